The van der Waals surface area contributed by atoms with E-state index in [2.05, 4.69) is 9.84 Å². The molecule has 0 bridgehead atoms. The van der Waals surface area contributed by atoms with Gasteiger partial charge in [0.2, 0.25) is 0 Å². The average molecular weight is 352 g/mol. The molecule has 0 fully saturated rings. The minimum absolute atomic E-state index is 0.0392. The number of methoxy groups -OCH3 is 1. The molecule has 2 aromatic carbocycles. The third-order valence-corrected chi connectivity index (χ3v) is 3.87. The number of aromatic nitrogens is 2. The van der Waals surface area contributed by atoms with Gasteiger partial charge in [0.05, 0.1) is 18.1 Å². The van der Waals surface area contributed by atoms with Gasteiger partial charge in [0, 0.05) is 12.4 Å². The number of fused-ring (bicyclic) bond motifs is 1. The molecular formula is C19H16N2O5. The normalized spacial score (nSPS) is 10.5. The van der Waals surface area contributed by atoms with E-state index in [4.69, 9.17) is 4.74 Å². The average Bonchev–Trinajstić information content (AvgIpc) is 2.68. The van der Waals surface area contributed by atoms with Gasteiger partial charge in [-0.2, -0.15) is 5.10 Å². The van der Waals surface area contributed by atoms with Crippen molar-refractivity contribution in [3.8, 4) is 0 Å². The van der Waals surface area contributed by atoms with Crippen LogP contribution in [0.4, 0.5) is 0 Å². The van der Waals surface area contributed by atoms with Crippen molar-refractivity contribution in [2.24, 2.45) is 7.05 Å². The van der Waals surface area contributed by atoms with Crippen LogP contribution in [0, 0.1) is 0 Å². The largest absolute Gasteiger partial charge is 0.465 e. The number of hydrogen-bond acceptors (Lipinski definition) is 6. The molecule has 26 heavy (non-hydrogen) atoms. The second-order valence-electron chi connectivity index (χ2n) is 5.59. The Morgan fingerprint density at radius 2 is 1.77 bits per heavy atom. The van der Waals surface area contributed by atoms with Gasteiger partial charge < -0.3 is 9.47 Å². The molecule has 0 unspecified atom stereocenters. The second-order valence-corrected chi connectivity index (χ2v) is 5.59. The molecule has 0 saturated carbocycles. The number of esters is 2. The van der Waals surface area contributed by atoms with Crippen molar-refractivity contribution < 1.29 is 19.1 Å². The molecule has 0 radical (unpaired) electrons. The Morgan fingerprint density at radius 1 is 1.04 bits per heavy atom. The van der Waals surface area contributed by atoms with Crippen LogP contribution in [0.5, 0.6) is 0 Å². The molecule has 0 aliphatic rings. The van der Waals surface area contributed by atoms with Gasteiger partial charge in [0.25, 0.3) is 5.56 Å². The maximum absolute atomic E-state index is 12.5. The molecular weight excluding hydrogens is 336 g/mol. The molecule has 0 aliphatic heterocycles. The standard InChI is InChI=1S/C19H16N2O5/c1-21-17(22)15-9-4-3-8-14(15)16(20-21)19(24)26-11-12-6-5-7-13(10-12)18(23)25-2/h3-10H,11H2,1-2H3. The van der Waals surface area contributed by atoms with E-state index in [0.29, 0.717) is 21.9 Å². The molecule has 0 N–H and O–H groups in total. The molecule has 3 rings (SSSR count). The molecule has 0 amide bonds. The van der Waals surface area contributed by atoms with Crippen LogP contribution in [0.25, 0.3) is 10.8 Å². The number of carbonyl (C=O) groups excluding carboxylic acids is 2. The maximum Gasteiger partial charge on any atom is 0.359 e. The summed E-state index contributed by atoms with van der Waals surface area (Å²) >= 11 is 0. The van der Waals surface area contributed by atoms with Crippen LogP contribution in [0.1, 0.15) is 26.4 Å². The van der Waals surface area contributed by atoms with Crippen molar-refractivity contribution in [1.82, 2.24) is 9.78 Å². The summed E-state index contributed by atoms with van der Waals surface area (Å²) in [7, 11) is 2.77. The van der Waals surface area contributed by atoms with Crippen LogP contribution in [-0.2, 0) is 23.1 Å². The quantitative estimate of drug-likeness (QED) is 0.668. The fourth-order valence-corrected chi connectivity index (χ4v) is 2.57. The molecule has 0 spiro atoms. The maximum atomic E-state index is 12.5. The van der Waals surface area contributed by atoms with E-state index in [0.717, 1.165) is 4.68 Å². The molecule has 0 atom stereocenters. The summed E-state index contributed by atoms with van der Waals surface area (Å²) in [5.74, 6) is -1.12. The minimum Gasteiger partial charge on any atom is -0.465 e. The van der Waals surface area contributed by atoms with Crippen molar-refractivity contribution in [2.45, 2.75) is 6.61 Å². The summed E-state index contributed by atoms with van der Waals surface area (Å²) < 4.78 is 11.1. The van der Waals surface area contributed by atoms with E-state index in [1.54, 1.807) is 48.5 Å². The van der Waals surface area contributed by atoms with Gasteiger partial charge in [-0.3, -0.25) is 4.79 Å². The SMILES string of the molecule is COC(=O)c1cccc(COC(=O)c2nn(C)c(=O)c3ccccc23)c1. The fraction of sp³-hybridized carbons (Fsp3) is 0.158. The Balaban J connectivity index is 1.86. The van der Waals surface area contributed by atoms with Gasteiger partial charge in [0.1, 0.15) is 6.61 Å². The number of carbonyl (C=O) groups is 2. The lowest BCUT2D eigenvalue weighted by molar-refractivity contribution is 0.0465. The van der Waals surface area contributed by atoms with Crippen LogP contribution in [0.15, 0.2) is 53.3 Å². The Kier molecular flexibility index (Phi) is 4.79. The lowest BCUT2D eigenvalue weighted by Gasteiger charge is -2.09. The topological polar surface area (TPSA) is 87.5 Å². The van der Waals surface area contributed by atoms with Gasteiger partial charge in [-0.15, -0.1) is 0 Å². The van der Waals surface area contributed by atoms with Crippen LogP contribution in [0.3, 0.4) is 0 Å². The molecule has 3 aromatic rings. The Labute approximate surface area is 148 Å². The number of ether oxygens (including phenoxy) is 2. The van der Waals surface area contributed by atoms with Crippen molar-refractivity contribution in [3.63, 3.8) is 0 Å². The third-order valence-electron chi connectivity index (χ3n) is 3.87. The first-order valence-corrected chi connectivity index (χ1v) is 7.81. The van der Waals surface area contributed by atoms with Gasteiger partial charge in [-0.05, 0) is 23.8 Å². The van der Waals surface area contributed by atoms with E-state index in [1.807, 2.05) is 0 Å². The van der Waals surface area contributed by atoms with Gasteiger partial charge in [-0.1, -0.05) is 30.3 Å². The number of hydrogen-bond donors (Lipinski definition) is 0. The first-order chi connectivity index (χ1) is 12.5. The summed E-state index contributed by atoms with van der Waals surface area (Å²) in [6.07, 6.45) is 0. The number of benzene rings is 2. The molecule has 0 aliphatic carbocycles. The molecule has 1 heterocycles. The molecule has 7 nitrogen and oxygen atoms in total. The molecule has 0 saturated heterocycles. The zero-order chi connectivity index (χ0) is 18.7. The van der Waals surface area contributed by atoms with Crippen molar-refractivity contribution in [2.75, 3.05) is 7.11 Å². The van der Waals surface area contributed by atoms with Gasteiger partial charge >= 0.3 is 11.9 Å². The summed E-state index contributed by atoms with van der Waals surface area (Å²) in [5, 5.41) is 4.85. The first kappa shape index (κ1) is 17.3. The highest BCUT2D eigenvalue weighted by molar-refractivity contribution is 6.02. The van der Waals surface area contributed by atoms with E-state index < -0.39 is 11.9 Å². The molecule has 132 valence electrons. The van der Waals surface area contributed by atoms with Crippen molar-refractivity contribution >= 4 is 22.7 Å². The fourth-order valence-electron chi connectivity index (χ4n) is 2.57. The van der Waals surface area contributed by atoms with Crippen molar-refractivity contribution in [3.05, 3.63) is 75.7 Å². The Bertz CT molecular complexity index is 1060. The second kappa shape index (κ2) is 7.18. The highest BCUT2D eigenvalue weighted by atomic mass is 16.5. The summed E-state index contributed by atoms with van der Waals surface area (Å²) in [5.41, 5.74) is 0.775. The van der Waals surface area contributed by atoms with E-state index in [-0.39, 0.29) is 17.9 Å². The number of rotatable bonds is 4. The highest BCUT2D eigenvalue weighted by Crippen LogP contribution is 2.15. The Hall–Kier alpha value is -3.48. The monoisotopic (exact) mass is 352 g/mol. The molecule has 1 aromatic heterocycles. The zero-order valence-electron chi connectivity index (χ0n) is 14.3. The number of aryl methyl sites for hydroxylation is 1. The predicted molar refractivity (Wildman–Crippen MR) is 93.9 cm³/mol. The lowest BCUT2D eigenvalue weighted by atomic mass is 10.1. The van der Waals surface area contributed by atoms with E-state index >= 15 is 0 Å². The van der Waals surface area contributed by atoms with Crippen LogP contribution in [0.2, 0.25) is 0 Å². The summed E-state index contributed by atoms with van der Waals surface area (Å²) in [4.78, 5) is 36.2. The zero-order valence-corrected chi connectivity index (χ0v) is 14.3. The van der Waals surface area contributed by atoms with Crippen LogP contribution < -0.4 is 5.56 Å². The van der Waals surface area contributed by atoms with Crippen LogP contribution >= 0.6 is 0 Å². The van der Waals surface area contributed by atoms with Crippen molar-refractivity contribution in [1.29, 1.82) is 0 Å². The predicted octanol–water partition coefficient (Wildman–Crippen LogP) is 2.08. The molecule has 7 heteroatoms. The van der Waals surface area contributed by atoms with E-state index in [9.17, 15) is 14.4 Å². The van der Waals surface area contributed by atoms with Gasteiger partial charge in [0.15, 0.2) is 5.69 Å². The summed E-state index contributed by atoms with van der Waals surface area (Å²) in [6, 6.07) is 13.3. The van der Waals surface area contributed by atoms with E-state index in [1.165, 1.54) is 14.2 Å². The minimum atomic E-state index is -0.653. The third kappa shape index (κ3) is 3.32. The lowest BCUT2D eigenvalue weighted by Crippen LogP contribution is -2.23. The first-order valence-electron chi connectivity index (χ1n) is 7.81. The van der Waals surface area contributed by atoms with Crippen LogP contribution in [-0.4, -0.2) is 28.8 Å². The van der Waals surface area contributed by atoms with Gasteiger partial charge in [-0.25, -0.2) is 14.3 Å². The smallest absolute Gasteiger partial charge is 0.359 e. The highest BCUT2D eigenvalue weighted by Gasteiger charge is 2.17. The number of nitrogens with zero attached hydrogens (tertiary/aromatic N) is 2. The Morgan fingerprint density at radius 3 is 2.50 bits per heavy atom. The summed E-state index contributed by atoms with van der Waals surface area (Å²) in [6.45, 7) is -0.0392.